The number of carbonyl (C=O) groups excluding carboxylic acids is 1. The molecule has 5 nitrogen and oxygen atoms in total. The van der Waals surface area contributed by atoms with Crippen LogP contribution in [0.1, 0.15) is 35.7 Å². The molecule has 2 heterocycles. The number of unbranched alkanes of at least 4 members (excludes halogenated alkanes) is 1. The van der Waals surface area contributed by atoms with Crippen LogP contribution in [0.5, 0.6) is 0 Å². The van der Waals surface area contributed by atoms with Gasteiger partial charge in [-0.2, -0.15) is 0 Å². The highest BCUT2D eigenvalue weighted by Crippen LogP contribution is 2.20. The van der Waals surface area contributed by atoms with Crippen molar-refractivity contribution in [1.29, 1.82) is 0 Å². The second-order valence-corrected chi connectivity index (χ2v) is 8.07. The Labute approximate surface area is 191 Å². The molecule has 2 aromatic heterocycles. The molecule has 0 aliphatic rings. The molecule has 4 aromatic rings. The van der Waals surface area contributed by atoms with E-state index in [-0.39, 0.29) is 17.0 Å². The molecular weight excluding hydrogens is 422 g/mol. The Morgan fingerprint density at radius 1 is 1.03 bits per heavy atom. The number of amides is 1. The quantitative estimate of drug-likeness (QED) is 0.375. The zero-order valence-corrected chi connectivity index (χ0v) is 18.6. The molecule has 0 radical (unpaired) electrons. The number of hydrogen-bond acceptors (Lipinski definition) is 3. The summed E-state index contributed by atoms with van der Waals surface area (Å²) in [4.78, 5) is 33.3. The lowest BCUT2D eigenvalue weighted by Crippen LogP contribution is -2.37. The number of halogens is 1. The van der Waals surface area contributed by atoms with Gasteiger partial charge in [0.15, 0.2) is 0 Å². The molecule has 0 saturated heterocycles. The SMILES string of the molecule is CCCCN(C(=O)c1cc2cccnc2n(Cc2ccc(Cl)cc2)c1=O)c1ccccc1. The number of fused-ring (bicyclic) bond motifs is 1. The van der Waals surface area contributed by atoms with Crippen molar-refractivity contribution in [1.82, 2.24) is 9.55 Å². The van der Waals surface area contributed by atoms with E-state index in [1.807, 2.05) is 48.5 Å². The zero-order chi connectivity index (χ0) is 22.5. The Morgan fingerprint density at radius 2 is 1.78 bits per heavy atom. The van der Waals surface area contributed by atoms with Gasteiger partial charge in [0.25, 0.3) is 11.5 Å². The van der Waals surface area contributed by atoms with Crippen molar-refractivity contribution in [2.45, 2.75) is 26.3 Å². The first kappa shape index (κ1) is 21.8. The van der Waals surface area contributed by atoms with Crippen LogP contribution in [-0.4, -0.2) is 22.0 Å². The van der Waals surface area contributed by atoms with Crippen molar-refractivity contribution >= 4 is 34.2 Å². The van der Waals surface area contributed by atoms with Gasteiger partial charge in [0, 0.05) is 28.8 Å². The molecule has 0 spiro atoms. The molecule has 2 aromatic carbocycles. The van der Waals surface area contributed by atoms with E-state index in [9.17, 15) is 9.59 Å². The number of nitrogens with zero attached hydrogens (tertiary/aromatic N) is 3. The lowest BCUT2D eigenvalue weighted by Gasteiger charge is -2.23. The summed E-state index contributed by atoms with van der Waals surface area (Å²) in [7, 11) is 0. The first-order valence-corrected chi connectivity index (χ1v) is 11.1. The minimum Gasteiger partial charge on any atom is -0.308 e. The Kier molecular flexibility index (Phi) is 6.66. The molecule has 1 amide bonds. The highest BCUT2D eigenvalue weighted by Gasteiger charge is 2.23. The van der Waals surface area contributed by atoms with Gasteiger partial charge in [-0.05, 0) is 54.4 Å². The predicted octanol–water partition coefficient (Wildman–Crippen LogP) is 5.55. The minimum atomic E-state index is -0.353. The molecule has 6 heteroatoms. The second kappa shape index (κ2) is 9.79. The standard InChI is InChI=1S/C26H24ClN3O2/c1-2-3-16-29(22-9-5-4-6-10-22)25(31)23-17-20-8-7-15-28-24(20)30(26(23)32)18-19-11-13-21(27)14-12-19/h4-15,17H,2-3,16,18H2,1H3. The maximum atomic E-state index is 13.6. The number of benzene rings is 2. The number of carbonyl (C=O) groups is 1. The molecule has 32 heavy (non-hydrogen) atoms. The molecule has 0 fully saturated rings. The van der Waals surface area contributed by atoms with E-state index in [0.29, 0.717) is 23.8 Å². The van der Waals surface area contributed by atoms with Crippen molar-refractivity contribution < 1.29 is 4.79 Å². The van der Waals surface area contributed by atoms with Crippen LogP contribution in [0.4, 0.5) is 5.69 Å². The van der Waals surface area contributed by atoms with Gasteiger partial charge in [-0.3, -0.25) is 14.2 Å². The summed E-state index contributed by atoms with van der Waals surface area (Å²) in [5.74, 6) is -0.301. The maximum absolute atomic E-state index is 13.6. The van der Waals surface area contributed by atoms with Crippen LogP contribution in [0.3, 0.4) is 0 Å². The van der Waals surface area contributed by atoms with Crippen molar-refractivity contribution in [3.8, 4) is 0 Å². The van der Waals surface area contributed by atoms with E-state index < -0.39 is 0 Å². The van der Waals surface area contributed by atoms with Crippen molar-refractivity contribution in [2.24, 2.45) is 0 Å². The van der Waals surface area contributed by atoms with Gasteiger partial charge in [-0.1, -0.05) is 55.3 Å². The summed E-state index contributed by atoms with van der Waals surface area (Å²) >= 11 is 6.01. The van der Waals surface area contributed by atoms with Crippen LogP contribution in [0.2, 0.25) is 5.02 Å². The number of aromatic nitrogens is 2. The number of hydrogen-bond donors (Lipinski definition) is 0. The third-order valence-corrected chi connectivity index (χ3v) is 5.63. The molecule has 0 aliphatic carbocycles. The van der Waals surface area contributed by atoms with Gasteiger partial charge in [-0.15, -0.1) is 0 Å². The molecule has 162 valence electrons. The lowest BCUT2D eigenvalue weighted by atomic mass is 10.1. The van der Waals surface area contributed by atoms with Crippen LogP contribution < -0.4 is 10.5 Å². The molecule has 0 N–H and O–H groups in total. The highest BCUT2D eigenvalue weighted by molar-refractivity contribution is 6.30. The van der Waals surface area contributed by atoms with E-state index in [2.05, 4.69) is 11.9 Å². The van der Waals surface area contributed by atoms with Gasteiger partial charge in [-0.25, -0.2) is 4.98 Å². The maximum Gasteiger partial charge on any atom is 0.265 e. The molecular formula is C26H24ClN3O2. The summed E-state index contributed by atoms with van der Waals surface area (Å²) in [6.07, 6.45) is 3.44. The van der Waals surface area contributed by atoms with Crippen LogP contribution in [0.15, 0.2) is 83.8 Å². The molecule has 0 atom stereocenters. The summed E-state index contributed by atoms with van der Waals surface area (Å²) in [6, 6.07) is 22.1. The van der Waals surface area contributed by atoms with E-state index in [4.69, 9.17) is 11.6 Å². The van der Waals surface area contributed by atoms with Gasteiger partial charge in [0.2, 0.25) is 0 Å². The number of rotatable bonds is 7. The largest absolute Gasteiger partial charge is 0.308 e. The number of pyridine rings is 2. The highest BCUT2D eigenvalue weighted by atomic mass is 35.5. The summed E-state index contributed by atoms with van der Waals surface area (Å²) < 4.78 is 1.56. The summed E-state index contributed by atoms with van der Waals surface area (Å²) in [5, 5.41) is 1.37. The van der Waals surface area contributed by atoms with Crippen LogP contribution in [-0.2, 0) is 6.54 Å². The minimum absolute atomic E-state index is 0.138. The molecule has 0 bridgehead atoms. The summed E-state index contributed by atoms with van der Waals surface area (Å²) in [5.41, 5.74) is 2.01. The third-order valence-electron chi connectivity index (χ3n) is 5.38. The number of anilines is 1. The van der Waals surface area contributed by atoms with E-state index in [0.717, 1.165) is 29.5 Å². The van der Waals surface area contributed by atoms with Gasteiger partial charge in [0.05, 0.1) is 6.54 Å². The van der Waals surface area contributed by atoms with Crippen LogP contribution in [0.25, 0.3) is 11.0 Å². The Hall–Kier alpha value is -3.44. The average molecular weight is 446 g/mol. The van der Waals surface area contributed by atoms with E-state index in [1.54, 1.807) is 39.9 Å². The van der Waals surface area contributed by atoms with Crippen molar-refractivity contribution in [3.05, 3.63) is 105 Å². The van der Waals surface area contributed by atoms with Gasteiger partial charge in [0.1, 0.15) is 11.2 Å². The summed E-state index contributed by atoms with van der Waals surface area (Å²) in [6.45, 7) is 2.92. The lowest BCUT2D eigenvalue weighted by molar-refractivity contribution is 0.0985. The molecule has 4 rings (SSSR count). The number of para-hydroxylation sites is 1. The van der Waals surface area contributed by atoms with Gasteiger partial charge >= 0.3 is 0 Å². The molecule has 0 aliphatic heterocycles. The third kappa shape index (κ3) is 4.58. The van der Waals surface area contributed by atoms with Crippen LogP contribution in [0, 0.1) is 0 Å². The van der Waals surface area contributed by atoms with Crippen molar-refractivity contribution in [3.63, 3.8) is 0 Å². The smallest absolute Gasteiger partial charge is 0.265 e. The Bertz CT molecular complexity index is 1280. The topological polar surface area (TPSA) is 55.2 Å². The second-order valence-electron chi connectivity index (χ2n) is 7.64. The van der Waals surface area contributed by atoms with Gasteiger partial charge < -0.3 is 4.90 Å². The van der Waals surface area contributed by atoms with E-state index in [1.165, 1.54) is 0 Å². The normalized spacial score (nSPS) is 10.9. The fourth-order valence-corrected chi connectivity index (χ4v) is 3.82. The molecule has 0 unspecified atom stereocenters. The fraction of sp³-hybridized carbons (Fsp3) is 0.192. The Balaban J connectivity index is 1.83. The monoisotopic (exact) mass is 445 g/mol. The average Bonchev–Trinajstić information content (AvgIpc) is 2.82. The predicted molar refractivity (Wildman–Crippen MR) is 130 cm³/mol. The van der Waals surface area contributed by atoms with Crippen LogP contribution >= 0.6 is 11.6 Å². The van der Waals surface area contributed by atoms with Crippen molar-refractivity contribution in [2.75, 3.05) is 11.4 Å². The first-order chi connectivity index (χ1) is 15.6. The Morgan fingerprint density at radius 3 is 2.50 bits per heavy atom. The fourth-order valence-electron chi connectivity index (χ4n) is 3.70. The molecule has 0 saturated carbocycles. The zero-order valence-electron chi connectivity index (χ0n) is 17.9. The first-order valence-electron chi connectivity index (χ1n) is 10.7. The van der Waals surface area contributed by atoms with E-state index >= 15 is 0 Å².